The second-order valence-corrected chi connectivity index (χ2v) is 7.43. The van der Waals surface area contributed by atoms with Crippen LogP contribution in [0.4, 0.5) is 0 Å². The van der Waals surface area contributed by atoms with E-state index in [0.29, 0.717) is 0 Å². The van der Waals surface area contributed by atoms with Crippen molar-refractivity contribution in [1.29, 1.82) is 0 Å². The van der Waals surface area contributed by atoms with E-state index in [1.165, 1.54) is 16.7 Å². The van der Waals surface area contributed by atoms with E-state index < -0.39 is 5.54 Å². The molecule has 0 aliphatic carbocycles. The SMILES string of the molecule is CCCc1cn(C(c2ccccc2)(c2ccccc2)c2ccccc2)c(CC)n1. The van der Waals surface area contributed by atoms with Crippen molar-refractivity contribution < 1.29 is 0 Å². The summed E-state index contributed by atoms with van der Waals surface area (Å²) in [6.45, 7) is 4.41. The summed E-state index contributed by atoms with van der Waals surface area (Å²) in [5.41, 5.74) is 4.43. The first kappa shape index (κ1) is 19.2. The molecule has 0 spiro atoms. The first-order valence-electron chi connectivity index (χ1n) is 10.5. The topological polar surface area (TPSA) is 17.8 Å². The van der Waals surface area contributed by atoms with Gasteiger partial charge in [-0.25, -0.2) is 4.98 Å². The van der Waals surface area contributed by atoms with E-state index in [-0.39, 0.29) is 0 Å². The fourth-order valence-electron chi connectivity index (χ4n) is 4.34. The minimum Gasteiger partial charge on any atom is -0.316 e. The zero-order valence-corrected chi connectivity index (χ0v) is 17.3. The van der Waals surface area contributed by atoms with Gasteiger partial charge in [0.1, 0.15) is 11.4 Å². The summed E-state index contributed by atoms with van der Waals surface area (Å²) >= 11 is 0. The van der Waals surface area contributed by atoms with Gasteiger partial charge in [-0.2, -0.15) is 0 Å². The first-order valence-corrected chi connectivity index (χ1v) is 10.5. The summed E-state index contributed by atoms with van der Waals surface area (Å²) in [5, 5.41) is 0. The van der Waals surface area contributed by atoms with Crippen LogP contribution in [-0.2, 0) is 18.4 Å². The number of aromatic nitrogens is 2. The van der Waals surface area contributed by atoms with E-state index in [0.717, 1.165) is 30.8 Å². The van der Waals surface area contributed by atoms with Gasteiger partial charge in [0.2, 0.25) is 0 Å². The number of imidazole rings is 1. The number of nitrogens with zero attached hydrogens (tertiary/aromatic N) is 2. The molecule has 0 fully saturated rings. The number of rotatable bonds is 7. The van der Waals surface area contributed by atoms with Crippen molar-refractivity contribution in [1.82, 2.24) is 9.55 Å². The van der Waals surface area contributed by atoms with Gasteiger partial charge in [-0.05, 0) is 23.1 Å². The van der Waals surface area contributed by atoms with Crippen LogP contribution < -0.4 is 0 Å². The molecule has 29 heavy (non-hydrogen) atoms. The van der Waals surface area contributed by atoms with E-state index in [2.05, 4.69) is 116 Å². The maximum Gasteiger partial charge on any atom is 0.121 e. The molecular weight excluding hydrogens is 352 g/mol. The van der Waals surface area contributed by atoms with Gasteiger partial charge < -0.3 is 4.57 Å². The molecule has 0 unspecified atom stereocenters. The van der Waals surface area contributed by atoms with Crippen LogP contribution in [0.3, 0.4) is 0 Å². The molecule has 0 saturated carbocycles. The minimum absolute atomic E-state index is 0.464. The molecule has 1 heterocycles. The highest BCUT2D eigenvalue weighted by molar-refractivity contribution is 5.51. The van der Waals surface area contributed by atoms with Crippen LogP contribution in [0.15, 0.2) is 97.2 Å². The fraction of sp³-hybridized carbons (Fsp3) is 0.222. The average molecular weight is 381 g/mol. The zero-order valence-electron chi connectivity index (χ0n) is 17.3. The minimum atomic E-state index is -0.464. The molecule has 0 bridgehead atoms. The molecular formula is C27H28N2. The lowest BCUT2D eigenvalue weighted by atomic mass is 9.76. The molecule has 0 amide bonds. The maximum absolute atomic E-state index is 5.02. The van der Waals surface area contributed by atoms with Crippen LogP contribution in [-0.4, -0.2) is 9.55 Å². The normalized spacial score (nSPS) is 11.5. The van der Waals surface area contributed by atoms with Crippen molar-refractivity contribution in [2.24, 2.45) is 0 Å². The Balaban J connectivity index is 2.12. The largest absolute Gasteiger partial charge is 0.316 e. The molecule has 146 valence electrons. The molecule has 0 saturated heterocycles. The fourth-order valence-corrected chi connectivity index (χ4v) is 4.34. The summed E-state index contributed by atoms with van der Waals surface area (Å²) in [7, 11) is 0. The van der Waals surface area contributed by atoms with Crippen LogP contribution in [0.5, 0.6) is 0 Å². The van der Waals surface area contributed by atoms with Crippen LogP contribution in [0.2, 0.25) is 0 Å². The zero-order chi connectivity index (χ0) is 20.1. The van der Waals surface area contributed by atoms with Gasteiger partial charge in [0.15, 0.2) is 0 Å². The molecule has 2 nitrogen and oxygen atoms in total. The Hall–Kier alpha value is -3.13. The summed E-state index contributed by atoms with van der Waals surface area (Å²) in [4.78, 5) is 5.02. The van der Waals surface area contributed by atoms with Crippen molar-refractivity contribution in [3.8, 4) is 0 Å². The molecule has 4 aromatic rings. The third-order valence-corrected chi connectivity index (χ3v) is 5.59. The van der Waals surface area contributed by atoms with Gasteiger partial charge >= 0.3 is 0 Å². The second kappa shape index (κ2) is 8.48. The molecule has 4 rings (SSSR count). The number of benzene rings is 3. The molecule has 0 atom stereocenters. The first-order chi connectivity index (χ1) is 14.3. The molecule has 2 heteroatoms. The summed E-state index contributed by atoms with van der Waals surface area (Å²) < 4.78 is 2.41. The number of hydrogen-bond acceptors (Lipinski definition) is 1. The predicted octanol–water partition coefficient (Wildman–Crippen LogP) is 6.24. The van der Waals surface area contributed by atoms with Crippen molar-refractivity contribution in [3.63, 3.8) is 0 Å². The quantitative estimate of drug-likeness (QED) is 0.347. The molecule has 0 radical (unpaired) electrons. The summed E-state index contributed by atoms with van der Waals surface area (Å²) in [5.74, 6) is 1.12. The average Bonchev–Trinajstić information content (AvgIpc) is 3.20. The Kier molecular flexibility index (Phi) is 5.62. The highest BCUT2D eigenvalue weighted by Crippen LogP contribution is 2.41. The Morgan fingerprint density at radius 1 is 0.690 bits per heavy atom. The van der Waals surface area contributed by atoms with E-state index in [1.807, 2.05) is 0 Å². The number of aryl methyl sites for hydroxylation is 2. The Labute approximate surface area is 173 Å². The number of hydrogen-bond donors (Lipinski definition) is 0. The van der Waals surface area contributed by atoms with Gasteiger partial charge in [0.25, 0.3) is 0 Å². The van der Waals surface area contributed by atoms with Crippen molar-refractivity contribution >= 4 is 0 Å². The lowest BCUT2D eigenvalue weighted by molar-refractivity contribution is 0.494. The second-order valence-electron chi connectivity index (χ2n) is 7.43. The molecule has 0 aliphatic rings. The van der Waals surface area contributed by atoms with Gasteiger partial charge in [-0.1, -0.05) is 111 Å². The predicted molar refractivity (Wildman–Crippen MR) is 120 cm³/mol. The van der Waals surface area contributed by atoms with Crippen LogP contribution in [0.1, 0.15) is 48.5 Å². The third kappa shape index (κ3) is 3.40. The Morgan fingerprint density at radius 2 is 1.14 bits per heavy atom. The van der Waals surface area contributed by atoms with Gasteiger partial charge in [-0.3, -0.25) is 0 Å². The van der Waals surface area contributed by atoms with Gasteiger partial charge in [0.05, 0.1) is 5.69 Å². The van der Waals surface area contributed by atoms with E-state index in [4.69, 9.17) is 4.98 Å². The van der Waals surface area contributed by atoms with Crippen LogP contribution >= 0.6 is 0 Å². The summed E-state index contributed by atoms with van der Waals surface area (Å²) in [6.07, 6.45) is 5.25. The van der Waals surface area contributed by atoms with Crippen molar-refractivity contribution in [2.45, 2.75) is 38.6 Å². The van der Waals surface area contributed by atoms with Crippen LogP contribution in [0, 0.1) is 0 Å². The van der Waals surface area contributed by atoms with Crippen molar-refractivity contribution in [2.75, 3.05) is 0 Å². The Bertz CT molecular complexity index is 937. The standard InChI is InChI=1S/C27H28N2/c1-3-14-25-21-29(26(4-2)28-25)27(22-15-8-5-9-16-22,23-17-10-6-11-18-23)24-19-12-7-13-20-24/h5-13,15-21H,3-4,14H2,1-2H3. The molecule has 3 aromatic carbocycles. The smallest absolute Gasteiger partial charge is 0.121 e. The van der Waals surface area contributed by atoms with E-state index >= 15 is 0 Å². The van der Waals surface area contributed by atoms with Crippen LogP contribution in [0.25, 0.3) is 0 Å². The third-order valence-electron chi connectivity index (χ3n) is 5.59. The lowest BCUT2D eigenvalue weighted by Gasteiger charge is -2.38. The molecule has 0 aliphatic heterocycles. The molecule has 0 N–H and O–H groups in total. The van der Waals surface area contributed by atoms with E-state index in [9.17, 15) is 0 Å². The maximum atomic E-state index is 5.02. The van der Waals surface area contributed by atoms with E-state index in [1.54, 1.807) is 0 Å². The van der Waals surface area contributed by atoms with Gasteiger partial charge in [0, 0.05) is 12.6 Å². The van der Waals surface area contributed by atoms with Crippen molar-refractivity contribution in [3.05, 3.63) is 125 Å². The highest BCUT2D eigenvalue weighted by atomic mass is 15.1. The molecule has 1 aromatic heterocycles. The van der Waals surface area contributed by atoms with Gasteiger partial charge in [-0.15, -0.1) is 0 Å². The lowest BCUT2D eigenvalue weighted by Crippen LogP contribution is -2.38. The Morgan fingerprint density at radius 3 is 1.52 bits per heavy atom. The monoisotopic (exact) mass is 380 g/mol. The highest BCUT2D eigenvalue weighted by Gasteiger charge is 2.39. The summed E-state index contributed by atoms with van der Waals surface area (Å²) in [6, 6.07) is 32.4.